The molecule has 0 aliphatic heterocycles. The van der Waals surface area contributed by atoms with Gasteiger partial charge >= 0.3 is 0 Å². The Morgan fingerprint density at radius 3 is 2.63 bits per heavy atom. The van der Waals surface area contributed by atoms with Crippen LogP contribution in [0, 0.1) is 0 Å². The highest BCUT2D eigenvalue weighted by Gasteiger charge is 2.17. The van der Waals surface area contributed by atoms with Gasteiger partial charge in [0.05, 0.1) is 10.6 Å². The maximum absolute atomic E-state index is 12.9. The van der Waals surface area contributed by atoms with E-state index < -0.39 is 10.0 Å². The number of rotatable bonds is 4. The quantitative estimate of drug-likeness (QED) is 0.433. The zero-order valence-electron chi connectivity index (χ0n) is 15.5. The Hall–Kier alpha value is -3.49. The zero-order valence-corrected chi connectivity index (χ0v) is 17.1. The molecule has 0 unspecified atom stereocenters. The largest absolute Gasteiger partial charge is 0.322 e. The summed E-state index contributed by atoms with van der Waals surface area (Å²) in [5.41, 5.74) is 2.00. The molecule has 5 aromatic rings. The number of fused-ring (bicyclic) bond motifs is 2. The van der Waals surface area contributed by atoms with E-state index in [0.29, 0.717) is 21.7 Å². The van der Waals surface area contributed by atoms with Crippen LogP contribution in [0.15, 0.2) is 87.9 Å². The van der Waals surface area contributed by atoms with Crippen LogP contribution in [-0.4, -0.2) is 18.4 Å². The summed E-state index contributed by atoms with van der Waals surface area (Å²) in [5.74, 6) is 0. The van der Waals surface area contributed by atoms with Crippen LogP contribution in [-0.2, 0) is 10.0 Å². The van der Waals surface area contributed by atoms with E-state index in [1.807, 2.05) is 47.8 Å². The van der Waals surface area contributed by atoms with Crippen molar-refractivity contribution in [1.82, 2.24) is 9.97 Å². The topological polar surface area (TPSA) is 91.9 Å². The Bertz CT molecular complexity index is 1560. The van der Waals surface area contributed by atoms with Crippen LogP contribution in [0.5, 0.6) is 0 Å². The molecule has 0 atom stereocenters. The lowest BCUT2D eigenvalue weighted by molar-refractivity contribution is 0.601. The standard InChI is InChI=1S/C22H15N3O3S2/c26-21-11-8-15-12-16(9-10-19(15)23-21)30(27,28)25-22-24-20(13-29-22)18-7-3-5-14-4-1-2-6-17(14)18/h1-13H,(H,23,26)(H,24,25). The number of pyridine rings is 1. The van der Waals surface area contributed by atoms with Crippen LogP contribution in [0.1, 0.15) is 0 Å². The summed E-state index contributed by atoms with van der Waals surface area (Å²) in [7, 11) is -3.82. The SMILES string of the molecule is O=c1ccc2cc(S(=O)(=O)Nc3nc(-c4cccc5ccccc45)cs3)ccc2[nH]1. The molecule has 3 aromatic carbocycles. The maximum atomic E-state index is 12.9. The smallest absolute Gasteiger partial charge is 0.263 e. The van der Waals surface area contributed by atoms with Gasteiger partial charge in [-0.3, -0.25) is 9.52 Å². The molecule has 8 heteroatoms. The molecule has 0 saturated carbocycles. The summed E-state index contributed by atoms with van der Waals surface area (Å²) in [4.78, 5) is 18.7. The average Bonchev–Trinajstić information content (AvgIpc) is 3.20. The monoisotopic (exact) mass is 433 g/mol. The summed E-state index contributed by atoms with van der Waals surface area (Å²) < 4.78 is 28.3. The summed E-state index contributed by atoms with van der Waals surface area (Å²) in [6.07, 6.45) is 0. The number of hydrogen-bond acceptors (Lipinski definition) is 5. The maximum Gasteiger partial charge on any atom is 0.263 e. The van der Waals surface area contributed by atoms with E-state index in [0.717, 1.165) is 16.3 Å². The number of aromatic amines is 1. The molecule has 0 fully saturated rings. The summed E-state index contributed by atoms with van der Waals surface area (Å²) in [6, 6.07) is 21.5. The minimum Gasteiger partial charge on any atom is -0.322 e. The average molecular weight is 434 g/mol. The molecule has 2 N–H and O–H groups in total. The highest BCUT2D eigenvalue weighted by atomic mass is 32.2. The fourth-order valence-corrected chi connectivity index (χ4v) is 5.36. The van der Waals surface area contributed by atoms with Crippen LogP contribution < -0.4 is 10.3 Å². The van der Waals surface area contributed by atoms with Gasteiger partial charge in [0.1, 0.15) is 0 Å². The Labute approximate surface area is 175 Å². The Morgan fingerprint density at radius 1 is 0.900 bits per heavy atom. The van der Waals surface area contributed by atoms with Crippen LogP contribution in [0.25, 0.3) is 32.9 Å². The van der Waals surface area contributed by atoms with E-state index in [9.17, 15) is 13.2 Å². The first-order valence-corrected chi connectivity index (χ1v) is 11.5. The highest BCUT2D eigenvalue weighted by molar-refractivity contribution is 7.93. The van der Waals surface area contributed by atoms with E-state index in [4.69, 9.17) is 0 Å². The van der Waals surface area contributed by atoms with Crippen molar-refractivity contribution in [3.8, 4) is 11.3 Å². The third kappa shape index (κ3) is 3.36. The predicted octanol–water partition coefficient (Wildman–Crippen LogP) is 4.61. The third-order valence-electron chi connectivity index (χ3n) is 4.80. The van der Waals surface area contributed by atoms with E-state index in [1.165, 1.54) is 29.5 Å². The van der Waals surface area contributed by atoms with Gasteiger partial charge in [0.2, 0.25) is 5.56 Å². The summed E-state index contributed by atoms with van der Waals surface area (Å²) in [5, 5.41) is 4.92. The van der Waals surface area contributed by atoms with Crippen molar-refractivity contribution in [2.75, 3.05) is 4.72 Å². The van der Waals surface area contributed by atoms with Gasteiger partial charge in [0.15, 0.2) is 5.13 Å². The minimum absolute atomic E-state index is 0.101. The van der Waals surface area contributed by atoms with Crippen molar-refractivity contribution < 1.29 is 8.42 Å². The van der Waals surface area contributed by atoms with Crippen LogP contribution in [0.3, 0.4) is 0 Å². The lowest BCUT2D eigenvalue weighted by Crippen LogP contribution is -2.13. The second-order valence-corrected chi connectivity index (χ2v) is 9.28. The molecule has 5 rings (SSSR count). The normalized spacial score (nSPS) is 11.7. The van der Waals surface area contributed by atoms with Gasteiger partial charge in [0.25, 0.3) is 10.0 Å². The van der Waals surface area contributed by atoms with E-state index in [-0.39, 0.29) is 10.5 Å². The predicted molar refractivity (Wildman–Crippen MR) is 120 cm³/mol. The molecule has 2 heterocycles. The second-order valence-electron chi connectivity index (χ2n) is 6.74. The van der Waals surface area contributed by atoms with E-state index in [2.05, 4.69) is 14.7 Å². The molecular weight excluding hydrogens is 418 g/mol. The molecule has 0 bridgehead atoms. The van der Waals surface area contributed by atoms with Crippen molar-refractivity contribution in [2.24, 2.45) is 0 Å². The van der Waals surface area contributed by atoms with Crippen LogP contribution in [0.4, 0.5) is 5.13 Å². The lowest BCUT2D eigenvalue weighted by atomic mass is 10.0. The van der Waals surface area contributed by atoms with Crippen molar-refractivity contribution in [1.29, 1.82) is 0 Å². The molecular formula is C22H15N3O3S2. The minimum atomic E-state index is -3.82. The number of anilines is 1. The highest BCUT2D eigenvalue weighted by Crippen LogP contribution is 2.31. The van der Waals surface area contributed by atoms with Gasteiger partial charge in [0, 0.05) is 22.5 Å². The summed E-state index contributed by atoms with van der Waals surface area (Å²) >= 11 is 1.23. The molecule has 2 aromatic heterocycles. The molecule has 0 amide bonds. The number of nitrogens with one attached hydrogen (secondary N) is 2. The number of H-pyrrole nitrogens is 1. The lowest BCUT2D eigenvalue weighted by Gasteiger charge is -2.07. The number of benzene rings is 3. The molecule has 0 aliphatic carbocycles. The number of hydrogen-bond donors (Lipinski definition) is 2. The van der Waals surface area contributed by atoms with Crippen LogP contribution >= 0.6 is 11.3 Å². The van der Waals surface area contributed by atoms with E-state index in [1.54, 1.807) is 12.1 Å². The molecule has 148 valence electrons. The van der Waals surface area contributed by atoms with Crippen molar-refractivity contribution in [2.45, 2.75) is 4.90 Å². The van der Waals surface area contributed by atoms with Crippen molar-refractivity contribution >= 4 is 48.2 Å². The van der Waals surface area contributed by atoms with Gasteiger partial charge in [-0.2, -0.15) is 0 Å². The van der Waals surface area contributed by atoms with Gasteiger partial charge in [-0.05, 0) is 40.4 Å². The Balaban J connectivity index is 1.48. The Morgan fingerprint density at radius 2 is 1.73 bits per heavy atom. The molecule has 6 nitrogen and oxygen atoms in total. The summed E-state index contributed by atoms with van der Waals surface area (Å²) in [6.45, 7) is 0. The van der Waals surface area contributed by atoms with Crippen molar-refractivity contribution in [3.63, 3.8) is 0 Å². The van der Waals surface area contributed by atoms with E-state index >= 15 is 0 Å². The van der Waals surface area contributed by atoms with Gasteiger partial charge in [-0.15, -0.1) is 11.3 Å². The molecule has 0 aliphatic rings. The second kappa shape index (κ2) is 7.08. The first-order valence-electron chi connectivity index (χ1n) is 9.09. The first-order chi connectivity index (χ1) is 14.5. The third-order valence-corrected chi connectivity index (χ3v) is 7.02. The first kappa shape index (κ1) is 18.5. The fraction of sp³-hybridized carbons (Fsp3) is 0. The van der Waals surface area contributed by atoms with Crippen molar-refractivity contribution in [3.05, 3.63) is 88.5 Å². The molecule has 0 radical (unpaired) electrons. The zero-order chi connectivity index (χ0) is 20.7. The Kier molecular flexibility index (Phi) is 4.38. The molecule has 30 heavy (non-hydrogen) atoms. The van der Waals surface area contributed by atoms with Gasteiger partial charge < -0.3 is 4.98 Å². The number of thiazole rings is 1. The number of sulfonamides is 1. The molecule has 0 saturated heterocycles. The fourth-order valence-electron chi connectivity index (χ4n) is 3.37. The van der Waals surface area contributed by atoms with Crippen LogP contribution in [0.2, 0.25) is 0 Å². The number of nitrogens with zero attached hydrogens (tertiary/aromatic N) is 1. The van der Waals surface area contributed by atoms with Gasteiger partial charge in [-0.1, -0.05) is 42.5 Å². The molecule has 0 spiro atoms. The van der Waals surface area contributed by atoms with Gasteiger partial charge in [-0.25, -0.2) is 13.4 Å². The number of aromatic nitrogens is 2.